The molecule has 6 nitrogen and oxygen atoms in total. The van der Waals surface area contributed by atoms with Gasteiger partial charge in [0.15, 0.2) is 0 Å². The highest BCUT2D eigenvalue weighted by Gasteiger charge is 2.46. The summed E-state index contributed by atoms with van der Waals surface area (Å²) in [6, 6.07) is 5.76. The number of anilines is 1. The van der Waals surface area contributed by atoms with Gasteiger partial charge in [0, 0.05) is 37.7 Å². The van der Waals surface area contributed by atoms with E-state index in [-0.39, 0.29) is 17.8 Å². The van der Waals surface area contributed by atoms with Gasteiger partial charge in [0.25, 0.3) is 0 Å². The Morgan fingerprint density at radius 1 is 1.41 bits per heavy atom. The second-order valence-corrected chi connectivity index (χ2v) is 8.11. The van der Waals surface area contributed by atoms with Crippen LogP contribution in [0.2, 0.25) is 0 Å². The molecule has 0 spiro atoms. The molecule has 3 atom stereocenters. The van der Waals surface area contributed by atoms with Crippen LogP contribution in [0.4, 0.5) is 5.82 Å². The van der Waals surface area contributed by atoms with Crippen LogP contribution in [0, 0.1) is 11.8 Å². The third-order valence-corrected chi connectivity index (χ3v) is 6.48. The summed E-state index contributed by atoms with van der Waals surface area (Å²) < 4.78 is 31.8. The fourth-order valence-corrected chi connectivity index (χ4v) is 4.84. The monoisotopic (exact) mass is 325 g/mol. The second-order valence-electron chi connectivity index (χ2n) is 6.02. The lowest BCUT2D eigenvalue weighted by molar-refractivity contribution is 0.104. The molecule has 0 amide bonds. The summed E-state index contributed by atoms with van der Waals surface area (Å²) in [5.74, 6) is 1.68. The summed E-state index contributed by atoms with van der Waals surface area (Å²) in [5.41, 5.74) is 0. The van der Waals surface area contributed by atoms with E-state index in [1.54, 1.807) is 10.5 Å². The molecule has 3 rings (SSSR count). The molecule has 122 valence electrons. The minimum atomic E-state index is -3.12. The molecule has 2 aliphatic rings. The zero-order valence-electron chi connectivity index (χ0n) is 12.8. The van der Waals surface area contributed by atoms with Crippen molar-refractivity contribution in [3.63, 3.8) is 0 Å². The van der Waals surface area contributed by atoms with Crippen molar-refractivity contribution in [1.82, 2.24) is 9.29 Å². The first-order valence-electron chi connectivity index (χ1n) is 7.84. The smallest absolute Gasteiger partial charge is 0.214 e. The summed E-state index contributed by atoms with van der Waals surface area (Å²) in [6.07, 6.45) is 2.45. The van der Waals surface area contributed by atoms with Crippen molar-refractivity contribution in [2.45, 2.75) is 19.4 Å². The predicted molar refractivity (Wildman–Crippen MR) is 85.1 cm³/mol. The topological polar surface area (TPSA) is 71.5 Å². The molecule has 0 bridgehead atoms. The first kappa shape index (κ1) is 15.7. The minimum Gasteiger partial charge on any atom is -0.376 e. The first-order valence-corrected chi connectivity index (χ1v) is 9.45. The Labute approximate surface area is 131 Å². The summed E-state index contributed by atoms with van der Waals surface area (Å²) in [7, 11) is -3.12. The fraction of sp³-hybridized carbons (Fsp3) is 0.667. The van der Waals surface area contributed by atoms with Crippen molar-refractivity contribution in [2.24, 2.45) is 11.8 Å². The SMILES string of the molecule is CCCS(=O)(=O)N1C[C@H]2[C@H](CNc3ccccn3)CO[C@H]2C1. The number of nitrogens with zero attached hydrogens (tertiary/aromatic N) is 2. The average Bonchev–Trinajstić information content (AvgIpc) is 3.07. The molecule has 2 aliphatic heterocycles. The maximum atomic E-state index is 12.2. The Morgan fingerprint density at radius 2 is 2.27 bits per heavy atom. The molecule has 2 fully saturated rings. The Balaban J connectivity index is 1.58. The van der Waals surface area contributed by atoms with E-state index < -0.39 is 10.0 Å². The van der Waals surface area contributed by atoms with E-state index in [1.807, 2.05) is 25.1 Å². The van der Waals surface area contributed by atoms with Crippen molar-refractivity contribution in [3.8, 4) is 0 Å². The predicted octanol–water partition coefficient (Wildman–Crippen LogP) is 1.18. The molecule has 7 heteroatoms. The number of rotatable bonds is 6. The van der Waals surface area contributed by atoms with Gasteiger partial charge in [-0.3, -0.25) is 0 Å². The van der Waals surface area contributed by atoms with Gasteiger partial charge in [-0.2, -0.15) is 4.31 Å². The lowest BCUT2D eigenvalue weighted by Crippen LogP contribution is -2.33. The molecule has 3 heterocycles. The number of pyridine rings is 1. The van der Waals surface area contributed by atoms with Crippen LogP contribution < -0.4 is 5.32 Å². The van der Waals surface area contributed by atoms with Gasteiger partial charge < -0.3 is 10.1 Å². The molecule has 0 radical (unpaired) electrons. The quantitative estimate of drug-likeness (QED) is 0.850. The molecular formula is C15H23N3O3S. The van der Waals surface area contributed by atoms with Crippen LogP contribution in [0.15, 0.2) is 24.4 Å². The molecule has 1 aromatic heterocycles. The number of fused-ring (bicyclic) bond motifs is 1. The highest BCUT2D eigenvalue weighted by molar-refractivity contribution is 7.89. The largest absolute Gasteiger partial charge is 0.376 e. The Hall–Kier alpha value is -1.18. The van der Waals surface area contributed by atoms with Crippen LogP contribution in [-0.4, -0.2) is 55.8 Å². The maximum absolute atomic E-state index is 12.2. The van der Waals surface area contributed by atoms with E-state index in [0.29, 0.717) is 32.0 Å². The van der Waals surface area contributed by atoms with Gasteiger partial charge in [0.1, 0.15) is 5.82 Å². The molecule has 2 saturated heterocycles. The Bertz CT molecular complexity index is 593. The summed E-state index contributed by atoms with van der Waals surface area (Å²) in [6.45, 7) is 4.44. The van der Waals surface area contributed by atoms with E-state index in [2.05, 4.69) is 10.3 Å². The zero-order valence-corrected chi connectivity index (χ0v) is 13.6. The molecular weight excluding hydrogens is 302 g/mol. The fourth-order valence-electron chi connectivity index (χ4n) is 3.29. The standard InChI is InChI=1S/C15H23N3O3S/c1-2-7-22(19,20)18-9-13-12(11-21-14(13)10-18)8-17-15-5-3-4-6-16-15/h3-6,12-14H,2,7-11H2,1H3,(H,16,17)/t12-,13+,14+/m1/s1. The molecule has 0 aliphatic carbocycles. The number of ether oxygens (including phenoxy) is 1. The van der Waals surface area contributed by atoms with Crippen LogP contribution >= 0.6 is 0 Å². The van der Waals surface area contributed by atoms with Crippen LogP contribution in [0.5, 0.6) is 0 Å². The molecule has 0 saturated carbocycles. The summed E-state index contributed by atoms with van der Waals surface area (Å²) >= 11 is 0. The van der Waals surface area contributed by atoms with Gasteiger partial charge in [-0.05, 0) is 18.6 Å². The van der Waals surface area contributed by atoms with Crippen LogP contribution in [0.3, 0.4) is 0 Å². The van der Waals surface area contributed by atoms with Crippen LogP contribution in [0.1, 0.15) is 13.3 Å². The first-order chi connectivity index (χ1) is 10.6. The lowest BCUT2D eigenvalue weighted by atomic mass is 9.93. The normalized spacial score (nSPS) is 28.7. The van der Waals surface area contributed by atoms with Gasteiger partial charge in [-0.1, -0.05) is 13.0 Å². The van der Waals surface area contributed by atoms with Crippen molar-refractivity contribution in [1.29, 1.82) is 0 Å². The van der Waals surface area contributed by atoms with Crippen LogP contribution in [0.25, 0.3) is 0 Å². The van der Waals surface area contributed by atoms with E-state index in [1.165, 1.54) is 0 Å². The number of hydrogen-bond acceptors (Lipinski definition) is 5. The third kappa shape index (κ3) is 3.26. The number of aromatic nitrogens is 1. The van der Waals surface area contributed by atoms with Crippen LogP contribution in [-0.2, 0) is 14.8 Å². The average molecular weight is 325 g/mol. The van der Waals surface area contributed by atoms with E-state index >= 15 is 0 Å². The molecule has 0 aromatic carbocycles. The van der Waals surface area contributed by atoms with Crippen molar-refractivity contribution in [3.05, 3.63) is 24.4 Å². The minimum absolute atomic E-state index is 0.0437. The third-order valence-electron chi connectivity index (χ3n) is 4.47. The van der Waals surface area contributed by atoms with E-state index in [9.17, 15) is 8.42 Å². The van der Waals surface area contributed by atoms with E-state index in [0.717, 1.165) is 12.4 Å². The molecule has 0 unspecified atom stereocenters. The summed E-state index contributed by atoms with van der Waals surface area (Å²) in [5, 5.41) is 3.32. The van der Waals surface area contributed by atoms with Crippen molar-refractivity contribution >= 4 is 15.8 Å². The number of sulfonamides is 1. The van der Waals surface area contributed by atoms with Crippen molar-refractivity contribution in [2.75, 3.05) is 37.3 Å². The second kappa shape index (κ2) is 6.52. The maximum Gasteiger partial charge on any atom is 0.214 e. The summed E-state index contributed by atoms with van der Waals surface area (Å²) in [4.78, 5) is 4.25. The molecule has 22 heavy (non-hydrogen) atoms. The zero-order chi connectivity index (χ0) is 15.6. The van der Waals surface area contributed by atoms with Crippen molar-refractivity contribution < 1.29 is 13.2 Å². The lowest BCUT2D eigenvalue weighted by Gasteiger charge is -2.20. The highest BCUT2D eigenvalue weighted by atomic mass is 32.2. The molecule has 1 aromatic rings. The number of nitrogens with one attached hydrogen (secondary N) is 1. The van der Waals surface area contributed by atoms with Gasteiger partial charge in [0.2, 0.25) is 10.0 Å². The van der Waals surface area contributed by atoms with Gasteiger partial charge in [-0.25, -0.2) is 13.4 Å². The highest BCUT2D eigenvalue weighted by Crippen LogP contribution is 2.35. The van der Waals surface area contributed by atoms with Gasteiger partial charge in [-0.15, -0.1) is 0 Å². The Morgan fingerprint density at radius 3 is 3.00 bits per heavy atom. The van der Waals surface area contributed by atoms with Gasteiger partial charge >= 0.3 is 0 Å². The van der Waals surface area contributed by atoms with Gasteiger partial charge in [0.05, 0.1) is 18.5 Å². The Kier molecular flexibility index (Phi) is 4.65. The number of hydrogen-bond donors (Lipinski definition) is 1. The van der Waals surface area contributed by atoms with E-state index in [4.69, 9.17) is 4.74 Å². The molecule has 1 N–H and O–H groups in total.